The number of carboxylic acid groups (broad SMARTS) is 1. The van der Waals surface area contributed by atoms with Gasteiger partial charge in [-0.05, 0) is 24.3 Å². The third kappa shape index (κ3) is 2.60. The number of ether oxygens (including phenoxy) is 1. The maximum Gasteiger partial charge on any atom is 0.341 e. The smallest absolute Gasteiger partial charge is 0.341 e. The van der Waals surface area contributed by atoms with Crippen LogP contribution in [0.2, 0.25) is 5.02 Å². The van der Waals surface area contributed by atoms with Crippen molar-refractivity contribution in [3.05, 3.63) is 47.2 Å². The van der Waals surface area contributed by atoms with Crippen molar-refractivity contribution in [3.8, 4) is 17.0 Å². The Labute approximate surface area is 128 Å². The van der Waals surface area contributed by atoms with E-state index < -0.39 is 12.6 Å². The first-order valence-corrected chi connectivity index (χ1v) is 6.62. The Bertz CT molecular complexity index is 862. The number of aromatic nitrogens is 1. The summed E-state index contributed by atoms with van der Waals surface area (Å²) in [5.41, 5.74) is 1.25. The fourth-order valence-electron chi connectivity index (χ4n) is 2.05. The van der Waals surface area contributed by atoms with Gasteiger partial charge in [-0.2, -0.15) is 0 Å². The van der Waals surface area contributed by atoms with Gasteiger partial charge in [-0.1, -0.05) is 28.9 Å². The minimum absolute atomic E-state index is 0.119. The van der Waals surface area contributed by atoms with Gasteiger partial charge in [-0.25, -0.2) is 9.18 Å². The predicted molar refractivity (Wildman–Crippen MR) is 77.5 cm³/mol. The third-order valence-electron chi connectivity index (χ3n) is 2.99. The van der Waals surface area contributed by atoms with Crippen LogP contribution in [0.4, 0.5) is 4.39 Å². The van der Waals surface area contributed by atoms with E-state index in [1.807, 2.05) is 0 Å². The number of halogens is 2. The van der Waals surface area contributed by atoms with E-state index in [-0.39, 0.29) is 22.2 Å². The monoisotopic (exact) mass is 321 g/mol. The average Bonchev–Trinajstić information content (AvgIpc) is 2.91. The van der Waals surface area contributed by atoms with Gasteiger partial charge in [0, 0.05) is 5.56 Å². The fourth-order valence-corrected chi connectivity index (χ4v) is 2.30. The summed E-state index contributed by atoms with van der Waals surface area (Å²) in [5.74, 6) is -1.33. The normalized spacial score (nSPS) is 10.8. The largest absolute Gasteiger partial charge is 0.480 e. The van der Waals surface area contributed by atoms with Crippen molar-refractivity contribution >= 4 is 28.5 Å². The lowest BCUT2D eigenvalue weighted by atomic mass is 10.1. The molecule has 7 heteroatoms. The van der Waals surface area contributed by atoms with Gasteiger partial charge in [0.1, 0.15) is 22.3 Å². The molecule has 0 saturated carbocycles. The second-order valence-electron chi connectivity index (χ2n) is 4.48. The lowest BCUT2D eigenvalue weighted by Gasteiger charge is -2.05. The van der Waals surface area contributed by atoms with Gasteiger partial charge < -0.3 is 14.4 Å². The Kier molecular flexibility index (Phi) is 3.68. The van der Waals surface area contributed by atoms with Crippen LogP contribution >= 0.6 is 11.6 Å². The summed E-state index contributed by atoms with van der Waals surface area (Å²) in [7, 11) is 0. The lowest BCUT2D eigenvalue weighted by molar-refractivity contribution is -0.139. The van der Waals surface area contributed by atoms with Crippen LogP contribution in [-0.4, -0.2) is 22.8 Å². The van der Waals surface area contributed by atoms with E-state index in [2.05, 4.69) is 5.16 Å². The number of fused-ring (bicyclic) bond motifs is 1. The number of nitrogens with zero attached hydrogens (tertiary/aromatic N) is 1. The quantitative estimate of drug-likeness (QED) is 0.792. The summed E-state index contributed by atoms with van der Waals surface area (Å²) in [6.07, 6.45) is 0. The molecule has 0 spiro atoms. The van der Waals surface area contributed by atoms with E-state index in [1.54, 1.807) is 18.2 Å². The van der Waals surface area contributed by atoms with E-state index >= 15 is 0 Å². The molecule has 3 rings (SSSR count). The van der Waals surface area contributed by atoms with E-state index in [4.69, 9.17) is 26.0 Å². The molecular weight excluding hydrogens is 313 g/mol. The Hall–Kier alpha value is -2.60. The highest BCUT2D eigenvalue weighted by atomic mass is 35.5. The van der Waals surface area contributed by atoms with E-state index in [0.29, 0.717) is 16.6 Å². The molecule has 0 amide bonds. The molecule has 1 heterocycles. The molecule has 0 aliphatic heterocycles. The SMILES string of the molecule is O=C(O)COc1ccc2c(-c3cccc(F)c3)noc2c1Cl. The molecule has 0 fully saturated rings. The van der Waals surface area contributed by atoms with Gasteiger partial charge in [0.05, 0.1) is 5.39 Å². The number of benzene rings is 2. The van der Waals surface area contributed by atoms with Crippen LogP contribution in [0.5, 0.6) is 5.75 Å². The number of rotatable bonds is 4. The number of carboxylic acids is 1. The van der Waals surface area contributed by atoms with Gasteiger partial charge >= 0.3 is 5.97 Å². The summed E-state index contributed by atoms with van der Waals surface area (Å²) < 4.78 is 23.6. The number of hydrogen-bond donors (Lipinski definition) is 1. The second kappa shape index (κ2) is 5.65. The lowest BCUT2D eigenvalue weighted by Crippen LogP contribution is -2.09. The van der Waals surface area contributed by atoms with Crippen LogP contribution in [0.1, 0.15) is 0 Å². The van der Waals surface area contributed by atoms with Gasteiger partial charge in [0.25, 0.3) is 0 Å². The molecule has 0 aliphatic carbocycles. The zero-order chi connectivity index (χ0) is 15.7. The molecule has 5 nitrogen and oxygen atoms in total. The van der Waals surface area contributed by atoms with Crippen molar-refractivity contribution in [3.63, 3.8) is 0 Å². The molecule has 0 atom stereocenters. The van der Waals surface area contributed by atoms with Crippen LogP contribution in [0, 0.1) is 5.82 Å². The highest BCUT2D eigenvalue weighted by Gasteiger charge is 2.17. The summed E-state index contributed by atoms with van der Waals surface area (Å²) in [6, 6.07) is 9.08. The van der Waals surface area contributed by atoms with E-state index in [0.717, 1.165) is 0 Å². The van der Waals surface area contributed by atoms with Crippen molar-refractivity contribution in [2.24, 2.45) is 0 Å². The molecule has 3 aromatic rings. The Morgan fingerprint density at radius 1 is 1.36 bits per heavy atom. The van der Waals surface area contributed by atoms with Gasteiger partial charge in [0.2, 0.25) is 0 Å². The van der Waals surface area contributed by atoms with Crippen molar-refractivity contribution in [1.82, 2.24) is 5.16 Å². The predicted octanol–water partition coefficient (Wildman–Crippen LogP) is 3.75. The molecule has 0 saturated heterocycles. The van der Waals surface area contributed by atoms with Crippen molar-refractivity contribution in [2.45, 2.75) is 0 Å². The van der Waals surface area contributed by atoms with Crippen LogP contribution in [0.25, 0.3) is 22.2 Å². The van der Waals surface area contributed by atoms with Crippen molar-refractivity contribution < 1.29 is 23.6 Å². The Morgan fingerprint density at radius 3 is 2.91 bits per heavy atom. The maximum absolute atomic E-state index is 13.3. The zero-order valence-corrected chi connectivity index (χ0v) is 11.8. The van der Waals surface area contributed by atoms with Gasteiger partial charge in [0.15, 0.2) is 12.2 Å². The molecular formula is C15H9ClFNO4. The van der Waals surface area contributed by atoms with Gasteiger partial charge in [-0.15, -0.1) is 0 Å². The summed E-state index contributed by atoms with van der Waals surface area (Å²) in [5, 5.41) is 13.2. The van der Waals surface area contributed by atoms with Crippen LogP contribution in [0.15, 0.2) is 40.9 Å². The fraction of sp³-hybridized carbons (Fsp3) is 0.0667. The first-order chi connectivity index (χ1) is 10.6. The molecule has 1 aromatic heterocycles. The minimum atomic E-state index is -1.12. The van der Waals surface area contributed by atoms with Crippen LogP contribution in [0.3, 0.4) is 0 Å². The highest BCUT2D eigenvalue weighted by molar-refractivity contribution is 6.36. The van der Waals surface area contributed by atoms with E-state index in [9.17, 15) is 9.18 Å². The van der Waals surface area contributed by atoms with E-state index in [1.165, 1.54) is 18.2 Å². The molecule has 112 valence electrons. The first-order valence-electron chi connectivity index (χ1n) is 6.24. The standard InChI is InChI=1S/C15H9ClFNO4/c16-13-11(21-7-12(19)20)5-4-10-14(18-22-15(10)13)8-2-1-3-9(17)6-8/h1-6H,7H2,(H,19,20). The Balaban J connectivity index is 2.06. The first kappa shape index (κ1) is 14.3. The van der Waals surface area contributed by atoms with Crippen LogP contribution < -0.4 is 4.74 Å². The average molecular weight is 322 g/mol. The topological polar surface area (TPSA) is 72.6 Å². The summed E-state index contributed by atoms with van der Waals surface area (Å²) in [6.45, 7) is -0.518. The zero-order valence-electron chi connectivity index (χ0n) is 11.0. The number of carbonyl (C=O) groups is 1. The molecule has 0 radical (unpaired) electrons. The Morgan fingerprint density at radius 2 is 2.18 bits per heavy atom. The van der Waals surface area contributed by atoms with Crippen LogP contribution in [-0.2, 0) is 4.79 Å². The molecule has 0 unspecified atom stereocenters. The minimum Gasteiger partial charge on any atom is -0.480 e. The third-order valence-corrected chi connectivity index (χ3v) is 3.35. The summed E-state index contributed by atoms with van der Waals surface area (Å²) >= 11 is 6.13. The molecule has 1 N–H and O–H groups in total. The molecule has 2 aromatic carbocycles. The molecule has 22 heavy (non-hydrogen) atoms. The highest BCUT2D eigenvalue weighted by Crippen LogP contribution is 2.37. The molecule has 0 bridgehead atoms. The van der Waals surface area contributed by atoms with Crippen molar-refractivity contribution in [1.29, 1.82) is 0 Å². The number of hydrogen-bond acceptors (Lipinski definition) is 4. The van der Waals surface area contributed by atoms with Gasteiger partial charge in [-0.3, -0.25) is 0 Å². The number of aliphatic carboxylic acids is 1. The summed E-state index contributed by atoms with van der Waals surface area (Å²) in [4.78, 5) is 10.5. The maximum atomic E-state index is 13.3. The van der Waals surface area contributed by atoms with Crippen molar-refractivity contribution in [2.75, 3.05) is 6.61 Å². The second-order valence-corrected chi connectivity index (χ2v) is 4.86. The molecule has 0 aliphatic rings.